The summed E-state index contributed by atoms with van der Waals surface area (Å²) in [5.41, 5.74) is 1.31. The highest BCUT2D eigenvalue weighted by Crippen LogP contribution is 2.32. The van der Waals surface area contributed by atoms with E-state index in [1.807, 2.05) is 13.1 Å². The highest BCUT2D eigenvalue weighted by atomic mass is 16.7. The SMILES string of the molecule is CNC[C@@H](C)Cc1ccc2c(c1)OCO2. The van der Waals surface area contributed by atoms with Gasteiger partial charge >= 0.3 is 0 Å². The fourth-order valence-corrected chi connectivity index (χ4v) is 1.89. The van der Waals surface area contributed by atoms with Gasteiger partial charge in [0.25, 0.3) is 0 Å². The Morgan fingerprint density at radius 2 is 2.13 bits per heavy atom. The summed E-state index contributed by atoms with van der Waals surface area (Å²) in [5.74, 6) is 2.37. The van der Waals surface area contributed by atoms with E-state index in [0.717, 1.165) is 24.5 Å². The maximum absolute atomic E-state index is 5.34. The second-order valence-corrected chi connectivity index (χ2v) is 4.05. The van der Waals surface area contributed by atoms with Crippen LogP contribution in [0.15, 0.2) is 18.2 Å². The molecule has 1 N–H and O–H groups in total. The maximum atomic E-state index is 5.34. The molecule has 1 atom stereocenters. The highest BCUT2D eigenvalue weighted by Gasteiger charge is 2.13. The predicted octanol–water partition coefficient (Wildman–Crippen LogP) is 1.81. The van der Waals surface area contributed by atoms with Gasteiger partial charge in [-0.15, -0.1) is 0 Å². The number of nitrogens with one attached hydrogen (secondary N) is 1. The van der Waals surface area contributed by atoms with E-state index in [9.17, 15) is 0 Å². The van der Waals surface area contributed by atoms with Crippen LogP contribution in [0.2, 0.25) is 0 Å². The van der Waals surface area contributed by atoms with Crippen molar-refractivity contribution in [1.29, 1.82) is 0 Å². The molecule has 0 spiro atoms. The van der Waals surface area contributed by atoms with E-state index in [1.165, 1.54) is 5.56 Å². The average Bonchev–Trinajstić information content (AvgIpc) is 2.65. The van der Waals surface area contributed by atoms with Gasteiger partial charge in [-0.1, -0.05) is 13.0 Å². The number of rotatable bonds is 4. The second kappa shape index (κ2) is 4.53. The molecule has 1 aliphatic heterocycles. The lowest BCUT2D eigenvalue weighted by Crippen LogP contribution is -2.17. The molecule has 0 amide bonds. The normalized spacial score (nSPS) is 15.3. The van der Waals surface area contributed by atoms with Gasteiger partial charge in [0.1, 0.15) is 0 Å². The van der Waals surface area contributed by atoms with Crippen LogP contribution in [0.5, 0.6) is 11.5 Å². The van der Waals surface area contributed by atoms with Gasteiger partial charge in [-0.05, 0) is 43.6 Å². The van der Waals surface area contributed by atoms with Crippen LogP contribution >= 0.6 is 0 Å². The molecule has 2 rings (SSSR count). The molecule has 1 heterocycles. The summed E-state index contributed by atoms with van der Waals surface area (Å²) in [4.78, 5) is 0. The molecule has 0 radical (unpaired) electrons. The number of hydrogen-bond donors (Lipinski definition) is 1. The topological polar surface area (TPSA) is 30.5 Å². The Balaban J connectivity index is 2.03. The standard InChI is InChI=1S/C12H17NO2/c1-9(7-13-2)5-10-3-4-11-12(6-10)15-8-14-11/h3-4,6,9,13H,5,7-8H2,1-2H3/t9-/m0/s1. The van der Waals surface area contributed by atoms with Crippen LogP contribution in [0.4, 0.5) is 0 Å². The summed E-state index contributed by atoms with van der Waals surface area (Å²) in [6, 6.07) is 6.18. The summed E-state index contributed by atoms with van der Waals surface area (Å²) in [6.45, 7) is 3.63. The Kier molecular flexibility index (Phi) is 3.11. The van der Waals surface area contributed by atoms with Crippen LogP contribution in [0.3, 0.4) is 0 Å². The molecule has 0 aromatic heterocycles. The lowest BCUT2D eigenvalue weighted by Gasteiger charge is -2.10. The lowest BCUT2D eigenvalue weighted by atomic mass is 10.0. The molecule has 0 fully saturated rings. The predicted molar refractivity (Wildman–Crippen MR) is 59.4 cm³/mol. The fourth-order valence-electron chi connectivity index (χ4n) is 1.89. The number of fused-ring (bicyclic) bond motifs is 1. The van der Waals surface area contributed by atoms with Crippen molar-refractivity contribution in [2.24, 2.45) is 5.92 Å². The van der Waals surface area contributed by atoms with Crippen LogP contribution < -0.4 is 14.8 Å². The summed E-state index contributed by atoms with van der Waals surface area (Å²) < 4.78 is 10.6. The van der Waals surface area contributed by atoms with Gasteiger partial charge < -0.3 is 14.8 Å². The summed E-state index contributed by atoms with van der Waals surface area (Å²) in [5, 5.41) is 3.18. The van der Waals surface area contributed by atoms with Crippen LogP contribution in [-0.4, -0.2) is 20.4 Å². The van der Waals surface area contributed by atoms with E-state index in [4.69, 9.17) is 9.47 Å². The van der Waals surface area contributed by atoms with Crippen molar-refractivity contribution in [3.8, 4) is 11.5 Å². The molecule has 0 aliphatic carbocycles. The van der Waals surface area contributed by atoms with Crippen molar-refractivity contribution in [1.82, 2.24) is 5.32 Å². The van der Waals surface area contributed by atoms with Crippen LogP contribution in [0.25, 0.3) is 0 Å². The van der Waals surface area contributed by atoms with Crippen LogP contribution in [0, 0.1) is 5.92 Å². The summed E-state index contributed by atoms with van der Waals surface area (Å²) in [7, 11) is 1.98. The number of ether oxygens (including phenoxy) is 2. The number of benzene rings is 1. The molecule has 1 aliphatic rings. The van der Waals surface area contributed by atoms with Crippen molar-refractivity contribution in [2.75, 3.05) is 20.4 Å². The molecule has 3 nitrogen and oxygen atoms in total. The molecular weight excluding hydrogens is 190 g/mol. The monoisotopic (exact) mass is 207 g/mol. The molecular formula is C12H17NO2. The molecule has 0 unspecified atom stereocenters. The third-order valence-electron chi connectivity index (χ3n) is 2.57. The van der Waals surface area contributed by atoms with E-state index >= 15 is 0 Å². The van der Waals surface area contributed by atoms with Gasteiger partial charge in [0.2, 0.25) is 6.79 Å². The van der Waals surface area contributed by atoms with Crippen LogP contribution in [-0.2, 0) is 6.42 Å². The first kappa shape index (κ1) is 10.3. The molecule has 0 saturated heterocycles. The fraction of sp³-hybridized carbons (Fsp3) is 0.500. The van der Waals surface area contributed by atoms with Crippen LogP contribution in [0.1, 0.15) is 12.5 Å². The van der Waals surface area contributed by atoms with E-state index in [1.54, 1.807) is 0 Å². The first-order valence-corrected chi connectivity index (χ1v) is 5.32. The van der Waals surface area contributed by atoms with Gasteiger partial charge in [-0.25, -0.2) is 0 Å². The molecule has 0 saturated carbocycles. The molecule has 1 aromatic carbocycles. The summed E-state index contributed by atoms with van der Waals surface area (Å²) in [6.07, 6.45) is 1.07. The largest absolute Gasteiger partial charge is 0.454 e. The maximum Gasteiger partial charge on any atom is 0.231 e. The minimum atomic E-state index is 0.352. The van der Waals surface area contributed by atoms with E-state index < -0.39 is 0 Å². The lowest BCUT2D eigenvalue weighted by molar-refractivity contribution is 0.174. The highest BCUT2D eigenvalue weighted by molar-refractivity contribution is 5.44. The zero-order chi connectivity index (χ0) is 10.7. The van der Waals surface area contributed by atoms with E-state index in [0.29, 0.717) is 12.7 Å². The van der Waals surface area contributed by atoms with Gasteiger partial charge in [0.15, 0.2) is 11.5 Å². The molecule has 0 bridgehead atoms. The first-order valence-electron chi connectivity index (χ1n) is 5.32. The Morgan fingerprint density at radius 1 is 1.33 bits per heavy atom. The minimum absolute atomic E-state index is 0.352. The molecule has 82 valence electrons. The van der Waals surface area contributed by atoms with Gasteiger partial charge in [-0.2, -0.15) is 0 Å². The Hall–Kier alpha value is -1.22. The average molecular weight is 207 g/mol. The van der Waals surface area contributed by atoms with Gasteiger partial charge in [0, 0.05) is 0 Å². The van der Waals surface area contributed by atoms with Crippen molar-refractivity contribution < 1.29 is 9.47 Å². The Bertz CT molecular complexity index is 338. The van der Waals surface area contributed by atoms with Gasteiger partial charge in [0.05, 0.1) is 0 Å². The summed E-state index contributed by atoms with van der Waals surface area (Å²) >= 11 is 0. The van der Waals surface area contributed by atoms with E-state index in [2.05, 4.69) is 24.4 Å². The Labute approximate surface area is 90.4 Å². The second-order valence-electron chi connectivity index (χ2n) is 4.05. The van der Waals surface area contributed by atoms with E-state index in [-0.39, 0.29) is 0 Å². The molecule has 15 heavy (non-hydrogen) atoms. The number of hydrogen-bond acceptors (Lipinski definition) is 3. The first-order chi connectivity index (χ1) is 7.29. The zero-order valence-electron chi connectivity index (χ0n) is 9.25. The third-order valence-corrected chi connectivity index (χ3v) is 2.57. The quantitative estimate of drug-likeness (QED) is 0.816. The smallest absolute Gasteiger partial charge is 0.231 e. The minimum Gasteiger partial charge on any atom is -0.454 e. The van der Waals surface area contributed by atoms with Crippen molar-refractivity contribution in [3.05, 3.63) is 23.8 Å². The Morgan fingerprint density at radius 3 is 2.93 bits per heavy atom. The zero-order valence-corrected chi connectivity index (χ0v) is 9.25. The van der Waals surface area contributed by atoms with Crippen molar-refractivity contribution >= 4 is 0 Å². The molecule has 1 aromatic rings. The molecule has 3 heteroatoms. The van der Waals surface area contributed by atoms with Gasteiger partial charge in [-0.3, -0.25) is 0 Å². The van der Waals surface area contributed by atoms with Crippen molar-refractivity contribution in [3.63, 3.8) is 0 Å². The third kappa shape index (κ3) is 2.42. The van der Waals surface area contributed by atoms with Crippen molar-refractivity contribution in [2.45, 2.75) is 13.3 Å².